The quantitative estimate of drug-likeness (QED) is 0.709. The summed E-state index contributed by atoms with van der Waals surface area (Å²) >= 11 is 0. The van der Waals surface area contributed by atoms with Gasteiger partial charge < -0.3 is 15.2 Å². The van der Waals surface area contributed by atoms with Gasteiger partial charge in [0.15, 0.2) is 11.2 Å². The first-order valence-corrected chi connectivity index (χ1v) is 9.10. The third kappa shape index (κ3) is 2.70. The molecule has 1 unspecified atom stereocenters. The van der Waals surface area contributed by atoms with Crippen molar-refractivity contribution in [2.75, 3.05) is 11.4 Å². The van der Waals surface area contributed by atoms with E-state index in [0.29, 0.717) is 23.7 Å². The molecule has 0 bridgehead atoms. The van der Waals surface area contributed by atoms with Crippen molar-refractivity contribution in [2.45, 2.75) is 26.9 Å². The van der Waals surface area contributed by atoms with Gasteiger partial charge in [0.25, 0.3) is 5.56 Å². The monoisotopic (exact) mass is 382 g/mol. The van der Waals surface area contributed by atoms with E-state index in [2.05, 4.69) is 22.9 Å². The number of carbonyl (C=O) groups is 1. The van der Waals surface area contributed by atoms with Gasteiger partial charge in [0.2, 0.25) is 11.9 Å². The van der Waals surface area contributed by atoms with Crippen molar-refractivity contribution in [1.29, 1.82) is 0 Å². The number of hydrogen-bond acceptors (Lipinski definition) is 5. The highest BCUT2D eigenvalue weighted by atomic mass is 16.2. The minimum Gasteiger partial charge on any atom is -0.368 e. The van der Waals surface area contributed by atoms with Crippen LogP contribution in [0.25, 0.3) is 11.2 Å². The first kappa shape index (κ1) is 18.0. The molecule has 28 heavy (non-hydrogen) atoms. The molecular formula is C19H22N6O3. The zero-order valence-corrected chi connectivity index (χ0v) is 16.0. The fraction of sp³-hybridized carbons (Fsp3) is 0.368. The third-order valence-electron chi connectivity index (χ3n) is 5.07. The molecule has 1 aromatic carbocycles. The maximum Gasteiger partial charge on any atom is 0.332 e. The highest BCUT2D eigenvalue weighted by Crippen LogP contribution is 2.33. The molecule has 1 amide bonds. The van der Waals surface area contributed by atoms with Crippen LogP contribution in [0.1, 0.15) is 12.5 Å². The van der Waals surface area contributed by atoms with E-state index in [0.717, 1.165) is 22.4 Å². The number of carbonyl (C=O) groups excluding carboxylic acids is 1. The Hall–Kier alpha value is -3.36. The molecule has 1 aliphatic heterocycles. The first-order chi connectivity index (χ1) is 13.3. The van der Waals surface area contributed by atoms with Crippen molar-refractivity contribution in [3.63, 3.8) is 0 Å². The Morgan fingerprint density at radius 3 is 2.71 bits per heavy atom. The average Bonchev–Trinajstić information content (AvgIpc) is 3.02. The van der Waals surface area contributed by atoms with E-state index in [1.807, 2.05) is 29.7 Å². The lowest BCUT2D eigenvalue weighted by Crippen LogP contribution is -2.43. The van der Waals surface area contributed by atoms with Crippen LogP contribution in [0.5, 0.6) is 0 Å². The number of benzene rings is 1. The molecule has 0 radical (unpaired) electrons. The number of anilines is 2. The van der Waals surface area contributed by atoms with Gasteiger partial charge in [-0.25, -0.2) is 9.36 Å². The zero-order valence-electron chi connectivity index (χ0n) is 16.0. The molecule has 2 aromatic heterocycles. The highest BCUT2D eigenvalue weighted by molar-refractivity contribution is 5.78. The van der Waals surface area contributed by atoms with E-state index in [-0.39, 0.29) is 5.92 Å². The van der Waals surface area contributed by atoms with Gasteiger partial charge >= 0.3 is 5.69 Å². The number of aromatic nitrogens is 4. The molecule has 0 saturated heterocycles. The molecule has 1 atom stereocenters. The van der Waals surface area contributed by atoms with Gasteiger partial charge in [-0.1, -0.05) is 19.1 Å². The average molecular weight is 382 g/mol. The zero-order chi connectivity index (χ0) is 20.2. The Morgan fingerprint density at radius 2 is 2.04 bits per heavy atom. The Morgan fingerprint density at radius 1 is 1.29 bits per heavy atom. The minimum atomic E-state index is -0.744. The number of imidazole rings is 1. The number of nitrogens with two attached hydrogens (primary N) is 1. The number of hydrogen-bond donors (Lipinski definition) is 1. The normalized spacial score (nSPS) is 16.4. The molecule has 3 aromatic rings. The van der Waals surface area contributed by atoms with Crippen LogP contribution in [-0.4, -0.2) is 31.1 Å². The number of fused-ring (bicyclic) bond motifs is 3. The third-order valence-corrected chi connectivity index (χ3v) is 5.07. The summed E-state index contributed by atoms with van der Waals surface area (Å²) in [4.78, 5) is 43.7. The van der Waals surface area contributed by atoms with Crippen LogP contribution in [0.2, 0.25) is 0 Å². The summed E-state index contributed by atoms with van der Waals surface area (Å²) in [5.74, 6) is 0.126. The SMILES string of the molecule is Cc1cccc(N2CC(C)Cn3c2nc2c3c(=O)n(CC(N)=O)c(=O)n2C)c1. The number of rotatable bonds is 3. The summed E-state index contributed by atoms with van der Waals surface area (Å²) in [5.41, 5.74) is 6.78. The van der Waals surface area contributed by atoms with Gasteiger partial charge in [-0.15, -0.1) is 0 Å². The summed E-state index contributed by atoms with van der Waals surface area (Å²) in [6, 6.07) is 8.06. The molecule has 2 N–H and O–H groups in total. The van der Waals surface area contributed by atoms with E-state index >= 15 is 0 Å². The minimum absolute atomic E-state index is 0.256. The van der Waals surface area contributed by atoms with Gasteiger partial charge in [0, 0.05) is 25.8 Å². The molecule has 9 heteroatoms. The van der Waals surface area contributed by atoms with Gasteiger partial charge in [0.1, 0.15) is 6.54 Å². The van der Waals surface area contributed by atoms with E-state index in [1.54, 1.807) is 7.05 Å². The summed E-state index contributed by atoms with van der Waals surface area (Å²) in [5, 5.41) is 0. The molecule has 146 valence electrons. The van der Waals surface area contributed by atoms with Crippen LogP contribution >= 0.6 is 0 Å². The highest BCUT2D eigenvalue weighted by Gasteiger charge is 2.30. The lowest BCUT2D eigenvalue weighted by molar-refractivity contribution is -0.118. The number of amides is 1. The van der Waals surface area contributed by atoms with Crippen LogP contribution < -0.4 is 21.9 Å². The van der Waals surface area contributed by atoms with Crippen molar-refractivity contribution >= 4 is 28.7 Å². The molecule has 9 nitrogen and oxygen atoms in total. The van der Waals surface area contributed by atoms with Gasteiger partial charge in [-0.05, 0) is 30.5 Å². The first-order valence-electron chi connectivity index (χ1n) is 9.10. The largest absolute Gasteiger partial charge is 0.368 e. The van der Waals surface area contributed by atoms with Gasteiger partial charge in [-0.2, -0.15) is 4.98 Å². The van der Waals surface area contributed by atoms with E-state index in [9.17, 15) is 14.4 Å². The second kappa shape index (κ2) is 6.36. The topological polar surface area (TPSA) is 108 Å². The Bertz CT molecular complexity index is 1220. The predicted molar refractivity (Wildman–Crippen MR) is 106 cm³/mol. The van der Waals surface area contributed by atoms with Crippen molar-refractivity contribution in [3.8, 4) is 0 Å². The second-order valence-corrected chi connectivity index (χ2v) is 7.45. The fourth-order valence-corrected chi connectivity index (χ4v) is 3.81. The Labute approximate surface area is 160 Å². The lowest BCUT2D eigenvalue weighted by atomic mass is 10.1. The Balaban J connectivity index is 2.02. The number of nitrogens with zero attached hydrogens (tertiary/aromatic N) is 5. The summed E-state index contributed by atoms with van der Waals surface area (Å²) in [6.07, 6.45) is 0. The smallest absolute Gasteiger partial charge is 0.332 e. The summed E-state index contributed by atoms with van der Waals surface area (Å²) in [6.45, 7) is 5.00. The Kier molecular flexibility index (Phi) is 4.10. The predicted octanol–water partition coefficient (Wildman–Crippen LogP) is 0.478. The van der Waals surface area contributed by atoms with E-state index in [4.69, 9.17) is 5.73 Å². The second-order valence-electron chi connectivity index (χ2n) is 7.45. The number of primary amides is 1. The van der Waals surface area contributed by atoms with Crippen molar-refractivity contribution in [2.24, 2.45) is 18.7 Å². The van der Waals surface area contributed by atoms with Gasteiger partial charge in [0.05, 0.1) is 0 Å². The van der Waals surface area contributed by atoms with Gasteiger partial charge in [-0.3, -0.25) is 14.2 Å². The molecule has 3 heterocycles. The molecule has 0 aliphatic carbocycles. The standard InChI is InChI=1S/C19H22N6O3/c1-11-5-4-6-13(7-11)23-8-12(2)9-24-15-16(21-18(23)24)22(3)19(28)25(17(15)27)10-14(20)26/h4-7,12H,8-10H2,1-3H3,(H2,20,26). The molecule has 0 saturated carbocycles. The summed E-state index contributed by atoms with van der Waals surface area (Å²) < 4.78 is 4.01. The van der Waals surface area contributed by atoms with E-state index < -0.39 is 23.7 Å². The van der Waals surface area contributed by atoms with Crippen LogP contribution in [0.3, 0.4) is 0 Å². The molecule has 1 aliphatic rings. The van der Waals surface area contributed by atoms with Crippen LogP contribution in [-0.2, 0) is 24.9 Å². The molecule has 4 rings (SSSR count). The molecule has 0 fully saturated rings. The lowest BCUT2D eigenvalue weighted by Gasteiger charge is -2.33. The number of aryl methyl sites for hydroxylation is 2. The molecular weight excluding hydrogens is 360 g/mol. The maximum atomic E-state index is 13.0. The van der Waals surface area contributed by atoms with Crippen LogP contribution in [0.15, 0.2) is 33.9 Å². The van der Waals surface area contributed by atoms with Crippen molar-refractivity contribution < 1.29 is 4.79 Å². The fourth-order valence-electron chi connectivity index (χ4n) is 3.81. The maximum absolute atomic E-state index is 13.0. The molecule has 0 spiro atoms. The van der Waals surface area contributed by atoms with Crippen molar-refractivity contribution in [3.05, 3.63) is 50.7 Å². The van der Waals surface area contributed by atoms with Crippen LogP contribution in [0.4, 0.5) is 11.6 Å². The van der Waals surface area contributed by atoms with E-state index in [1.165, 1.54) is 4.57 Å². The van der Waals surface area contributed by atoms with Crippen molar-refractivity contribution in [1.82, 2.24) is 18.7 Å². The summed E-state index contributed by atoms with van der Waals surface area (Å²) in [7, 11) is 1.54. The van der Waals surface area contributed by atoms with Crippen LogP contribution in [0, 0.1) is 12.8 Å².